The monoisotopic (exact) mass is 524 g/mol. The highest BCUT2D eigenvalue weighted by Gasteiger charge is 2.32. The fraction of sp³-hybridized carbons (Fsp3) is 0.238. The van der Waals surface area contributed by atoms with Crippen molar-refractivity contribution < 1.29 is 31.5 Å². The summed E-state index contributed by atoms with van der Waals surface area (Å²) in [6.45, 7) is 6.54. The van der Waals surface area contributed by atoms with Crippen molar-refractivity contribution in [1.29, 1.82) is 0 Å². The molecule has 0 atom stereocenters. The van der Waals surface area contributed by atoms with E-state index in [0.717, 1.165) is 0 Å². The molecule has 1 aromatic heterocycles. The number of nitrogens with zero attached hydrogens (tertiary/aromatic N) is 2. The van der Waals surface area contributed by atoms with Crippen molar-refractivity contribution in [3.63, 3.8) is 0 Å². The molecule has 0 saturated carbocycles. The molecule has 0 N–H and O–H groups in total. The normalized spacial score (nSPS) is 11.7. The molecule has 0 aliphatic carbocycles. The predicted molar refractivity (Wildman–Crippen MR) is 114 cm³/mol. The van der Waals surface area contributed by atoms with E-state index in [4.69, 9.17) is 27.9 Å². The summed E-state index contributed by atoms with van der Waals surface area (Å²) in [6, 6.07) is 4.08. The lowest BCUT2D eigenvalue weighted by atomic mass is 10.1. The predicted octanol–water partition coefficient (Wildman–Crippen LogP) is 7.32. The molecule has 33 heavy (non-hydrogen) atoms. The van der Waals surface area contributed by atoms with Crippen LogP contribution in [0.5, 0.6) is 5.88 Å². The molecule has 0 fully saturated rings. The second-order valence-corrected chi connectivity index (χ2v) is 9.68. The Bertz CT molecular complexity index is 1250. The molecule has 0 amide bonds. The first-order chi connectivity index (χ1) is 15.2. The highest BCUT2D eigenvalue weighted by molar-refractivity contribution is 7.99. The molecule has 0 aliphatic rings. The second-order valence-electron chi connectivity index (χ2n) is 7.82. The number of aryl methyl sites for hydroxylation is 1. The first kappa shape index (κ1) is 25.3. The number of hydrogen-bond acceptors (Lipinski definition) is 4. The van der Waals surface area contributed by atoms with Crippen LogP contribution in [0.3, 0.4) is 0 Å². The van der Waals surface area contributed by atoms with Gasteiger partial charge in [-0.2, -0.15) is 5.10 Å². The third-order valence-corrected chi connectivity index (χ3v) is 6.11. The van der Waals surface area contributed by atoms with E-state index in [2.05, 4.69) is 5.10 Å². The Hall–Kier alpha value is -2.30. The van der Waals surface area contributed by atoms with Gasteiger partial charge in [-0.15, -0.1) is 0 Å². The Labute approximate surface area is 199 Å². The summed E-state index contributed by atoms with van der Waals surface area (Å²) in [4.78, 5) is 11.5. The van der Waals surface area contributed by atoms with Crippen LogP contribution in [0.25, 0.3) is 0 Å². The molecule has 0 aliphatic heterocycles. The number of halogens is 7. The maximum Gasteiger partial charge on any atom is 0.346 e. The van der Waals surface area contributed by atoms with E-state index in [9.17, 15) is 26.7 Å². The van der Waals surface area contributed by atoms with E-state index >= 15 is 0 Å². The third-order valence-electron chi connectivity index (χ3n) is 4.31. The Kier molecular flexibility index (Phi) is 7.02. The standard InChI is InChI=1S/C21H15Cl2F5N2O2S/c1-8-17(33-18-15(27)13(25)12(24)14(26)16(18)28)19(30(29-8)21(2,3)4)32-20(31)10-7-9(22)5-6-11(10)23/h5-7H,1-4H3. The molecule has 1 heterocycles. The van der Waals surface area contributed by atoms with Gasteiger partial charge in [0.25, 0.3) is 0 Å². The van der Waals surface area contributed by atoms with Crippen molar-refractivity contribution in [2.75, 3.05) is 0 Å². The van der Waals surface area contributed by atoms with Crippen LogP contribution in [0.4, 0.5) is 22.0 Å². The van der Waals surface area contributed by atoms with Crippen molar-refractivity contribution in [3.05, 3.63) is 68.6 Å². The summed E-state index contributed by atoms with van der Waals surface area (Å²) in [5, 5.41) is 4.46. The lowest BCUT2D eigenvalue weighted by molar-refractivity contribution is 0.0704. The Balaban J connectivity index is 2.16. The van der Waals surface area contributed by atoms with Gasteiger partial charge in [-0.05, 0) is 45.9 Å². The summed E-state index contributed by atoms with van der Waals surface area (Å²) in [6.07, 6.45) is 0. The van der Waals surface area contributed by atoms with Gasteiger partial charge in [-0.25, -0.2) is 31.4 Å². The number of rotatable bonds is 4. The average molecular weight is 525 g/mol. The minimum absolute atomic E-state index is 0.0249. The van der Waals surface area contributed by atoms with Gasteiger partial charge < -0.3 is 4.74 Å². The van der Waals surface area contributed by atoms with Crippen molar-refractivity contribution >= 4 is 40.9 Å². The van der Waals surface area contributed by atoms with E-state index in [0.29, 0.717) is 0 Å². The SMILES string of the molecule is Cc1nn(C(C)(C)C)c(OC(=O)c2cc(Cl)ccc2Cl)c1Sc1c(F)c(F)c(F)c(F)c1F. The third kappa shape index (κ3) is 4.83. The maximum atomic E-state index is 14.3. The lowest BCUT2D eigenvalue weighted by Gasteiger charge is -2.22. The number of carbonyl (C=O) groups excluding carboxylic acids is 1. The van der Waals surface area contributed by atoms with Gasteiger partial charge in [0.2, 0.25) is 11.7 Å². The van der Waals surface area contributed by atoms with Crippen LogP contribution in [0.2, 0.25) is 10.0 Å². The van der Waals surface area contributed by atoms with Gasteiger partial charge in [0, 0.05) is 5.02 Å². The molecule has 3 rings (SSSR count). The molecule has 4 nitrogen and oxygen atoms in total. The summed E-state index contributed by atoms with van der Waals surface area (Å²) >= 11 is 12.2. The molecule has 0 bridgehead atoms. The van der Waals surface area contributed by atoms with E-state index in [1.54, 1.807) is 20.8 Å². The van der Waals surface area contributed by atoms with Crippen LogP contribution < -0.4 is 4.74 Å². The maximum absolute atomic E-state index is 14.3. The highest BCUT2D eigenvalue weighted by Crippen LogP contribution is 2.43. The lowest BCUT2D eigenvalue weighted by Crippen LogP contribution is -2.25. The van der Waals surface area contributed by atoms with Crippen molar-refractivity contribution in [2.24, 2.45) is 0 Å². The topological polar surface area (TPSA) is 44.1 Å². The number of benzene rings is 2. The molecule has 0 radical (unpaired) electrons. The largest absolute Gasteiger partial charge is 0.403 e. The van der Waals surface area contributed by atoms with E-state index in [1.807, 2.05) is 0 Å². The molecule has 3 aromatic rings. The number of carbonyl (C=O) groups is 1. The smallest absolute Gasteiger partial charge is 0.346 e. The van der Waals surface area contributed by atoms with E-state index < -0.39 is 45.5 Å². The van der Waals surface area contributed by atoms with Gasteiger partial charge >= 0.3 is 5.97 Å². The molecule has 0 unspecified atom stereocenters. The minimum atomic E-state index is -2.28. The fourth-order valence-electron chi connectivity index (χ4n) is 2.73. The summed E-state index contributed by atoms with van der Waals surface area (Å²) in [5.41, 5.74) is -0.775. The number of aromatic nitrogens is 2. The first-order valence-corrected chi connectivity index (χ1v) is 10.8. The summed E-state index contributed by atoms with van der Waals surface area (Å²) in [5.74, 6) is -11.7. The number of hydrogen-bond donors (Lipinski definition) is 0. The van der Waals surface area contributed by atoms with E-state index in [-0.39, 0.29) is 43.8 Å². The Morgan fingerprint density at radius 2 is 1.52 bits per heavy atom. The van der Waals surface area contributed by atoms with Gasteiger partial charge in [-0.1, -0.05) is 35.0 Å². The molecular weight excluding hydrogens is 510 g/mol. The molecule has 176 valence electrons. The van der Waals surface area contributed by atoms with Gasteiger partial charge in [0.1, 0.15) is 0 Å². The summed E-state index contributed by atoms with van der Waals surface area (Å²) < 4.78 is 76.2. The fourth-order valence-corrected chi connectivity index (χ4v) is 4.06. The highest BCUT2D eigenvalue weighted by atomic mass is 35.5. The van der Waals surface area contributed by atoms with Crippen LogP contribution in [0, 0.1) is 36.0 Å². The first-order valence-electron chi connectivity index (χ1n) is 9.20. The van der Waals surface area contributed by atoms with Crippen LogP contribution >= 0.6 is 35.0 Å². The molecular formula is C21H15Cl2F5N2O2S. The van der Waals surface area contributed by atoms with Crippen LogP contribution in [-0.2, 0) is 5.54 Å². The van der Waals surface area contributed by atoms with Crippen molar-refractivity contribution in [3.8, 4) is 5.88 Å². The zero-order chi connectivity index (χ0) is 24.8. The van der Waals surface area contributed by atoms with E-state index in [1.165, 1.54) is 29.8 Å². The molecule has 0 saturated heterocycles. The van der Waals surface area contributed by atoms with Crippen LogP contribution in [0.1, 0.15) is 36.8 Å². The van der Waals surface area contributed by atoms with Gasteiger partial charge in [0.05, 0.1) is 31.6 Å². The van der Waals surface area contributed by atoms with Crippen LogP contribution in [-0.4, -0.2) is 15.7 Å². The Morgan fingerprint density at radius 3 is 2.06 bits per heavy atom. The van der Waals surface area contributed by atoms with Gasteiger partial charge in [0.15, 0.2) is 23.3 Å². The van der Waals surface area contributed by atoms with Crippen molar-refractivity contribution in [1.82, 2.24) is 9.78 Å². The molecule has 0 spiro atoms. The number of ether oxygens (including phenoxy) is 1. The minimum Gasteiger partial charge on any atom is -0.403 e. The second kappa shape index (κ2) is 9.15. The quantitative estimate of drug-likeness (QED) is 0.155. The molecule has 12 heteroatoms. The van der Waals surface area contributed by atoms with Crippen LogP contribution in [0.15, 0.2) is 28.0 Å². The zero-order valence-corrected chi connectivity index (χ0v) is 19.8. The average Bonchev–Trinajstić information content (AvgIpc) is 3.05. The summed E-state index contributed by atoms with van der Waals surface area (Å²) in [7, 11) is 0. The number of esters is 1. The van der Waals surface area contributed by atoms with Crippen molar-refractivity contribution in [2.45, 2.75) is 43.0 Å². The van der Waals surface area contributed by atoms with Gasteiger partial charge in [-0.3, -0.25) is 0 Å². The molecule has 2 aromatic carbocycles. The zero-order valence-electron chi connectivity index (χ0n) is 17.5. The Morgan fingerprint density at radius 1 is 0.970 bits per heavy atom.